The maximum Gasteiger partial charge on any atom is 0.126 e. The van der Waals surface area contributed by atoms with Crippen molar-refractivity contribution in [3.05, 3.63) is 53.7 Å². The Morgan fingerprint density at radius 1 is 1.24 bits per heavy atom. The first-order chi connectivity index (χ1) is 8.33. The fourth-order valence-corrected chi connectivity index (χ4v) is 2.24. The Labute approximate surface area is 100 Å². The number of rotatable bonds is 2. The van der Waals surface area contributed by atoms with Crippen molar-refractivity contribution >= 4 is 5.82 Å². The molecule has 2 heterocycles. The molecule has 0 saturated carbocycles. The van der Waals surface area contributed by atoms with E-state index in [1.807, 2.05) is 30.3 Å². The summed E-state index contributed by atoms with van der Waals surface area (Å²) >= 11 is 0. The zero-order valence-corrected chi connectivity index (χ0v) is 9.47. The van der Waals surface area contributed by atoms with Crippen molar-refractivity contribution in [3.8, 4) is 5.75 Å². The van der Waals surface area contributed by atoms with Crippen LogP contribution in [0.3, 0.4) is 0 Å². The summed E-state index contributed by atoms with van der Waals surface area (Å²) in [6.07, 6.45) is 3.65. The van der Waals surface area contributed by atoms with Gasteiger partial charge in [0.2, 0.25) is 0 Å². The van der Waals surface area contributed by atoms with Crippen molar-refractivity contribution < 1.29 is 4.74 Å². The lowest BCUT2D eigenvalue weighted by atomic mass is 10.0. The largest absolute Gasteiger partial charge is 0.489 e. The van der Waals surface area contributed by atoms with E-state index in [2.05, 4.69) is 11.1 Å². The number of hydrogen-bond acceptors (Lipinski definition) is 3. The molecule has 2 N–H and O–H groups in total. The number of ether oxygens (including phenoxy) is 1. The summed E-state index contributed by atoms with van der Waals surface area (Å²) in [5.41, 5.74) is 8.18. The molecule has 1 aromatic carbocycles. The second kappa shape index (κ2) is 4.09. The van der Waals surface area contributed by atoms with Crippen molar-refractivity contribution in [2.24, 2.45) is 0 Å². The number of nitrogen functional groups attached to an aromatic ring is 1. The third kappa shape index (κ3) is 1.96. The molecule has 0 radical (unpaired) electrons. The Balaban J connectivity index is 1.76. The van der Waals surface area contributed by atoms with Crippen molar-refractivity contribution in [2.75, 3.05) is 5.73 Å². The van der Waals surface area contributed by atoms with Gasteiger partial charge in [0.25, 0.3) is 0 Å². The number of hydrogen-bond donors (Lipinski definition) is 1. The highest BCUT2D eigenvalue weighted by atomic mass is 16.5. The molecule has 0 saturated heterocycles. The minimum atomic E-state index is 0.180. The lowest BCUT2D eigenvalue weighted by Gasteiger charge is -2.11. The van der Waals surface area contributed by atoms with E-state index in [1.165, 1.54) is 5.56 Å². The smallest absolute Gasteiger partial charge is 0.126 e. The molecule has 3 rings (SSSR count). The Morgan fingerprint density at radius 3 is 2.94 bits per heavy atom. The summed E-state index contributed by atoms with van der Waals surface area (Å²) in [4.78, 5) is 4.09. The van der Waals surface area contributed by atoms with Gasteiger partial charge in [-0.3, -0.25) is 0 Å². The number of anilines is 1. The number of nitrogens with zero attached hydrogens (tertiary/aromatic N) is 1. The average Bonchev–Trinajstić information content (AvgIpc) is 2.74. The first kappa shape index (κ1) is 10.1. The first-order valence-electron chi connectivity index (χ1n) is 5.77. The maximum atomic E-state index is 5.88. The minimum absolute atomic E-state index is 0.180. The monoisotopic (exact) mass is 226 g/mol. The summed E-state index contributed by atoms with van der Waals surface area (Å²) in [7, 11) is 0. The maximum absolute atomic E-state index is 5.88. The molecule has 3 heteroatoms. The molecule has 17 heavy (non-hydrogen) atoms. The van der Waals surface area contributed by atoms with E-state index >= 15 is 0 Å². The Hall–Kier alpha value is -2.03. The molecule has 1 aromatic heterocycles. The molecule has 0 bridgehead atoms. The van der Waals surface area contributed by atoms with Crippen LogP contribution in [0.15, 0.2) is 42.6 Å². The van der Waals surface area contributed by atoms with E-state index in [1.54, 1.807) is 6.20 Å². The number of aromatic nitrogens is 1. The van der Waals surface area contributed by atoms with Crippen LogP contribution in [-0.4, -0.2) is 11.1 Å². The van der Waals surface area contributed by atoms with Crippen LogP contribution in [0.1, 0.15) is 11.1 Å². The van der Waals surface area contributed by atoms with Gasteiger partial charge >= 0.3 is 0 Å². The molecule has 3 nitrogen and oxygen atoms in total. The molecule has 0 spiro atoms. The van der Waals surface area contributed by atoms with Gasteiger partial charge in [-0.15, -0.1) is 0 Å². The number of fused-ring (bicyclic) bond motifs is 1. The van der Waals surface area contributed by atoms with Gasteiger partial charge in [-0.1, -0.05) is 24.3 Å². The van der Waals surface area contributed by atoms with Gasteiger partial charge in [0.05, 0.1) is 0 Å². The SMILES string of the molecule is Nc1ncccc1CC1Cc2ccccc2O1. The van der Waals surface area contributed by atoms with Gasteiger partial charge in [-0.2, -0.15) is 0 Å². The van der Waals surface area contributed by atoms with Crippen LogP contribution < -0.4 is 10.5 Å². The fourth-order valence-electron chi connectivity index (χ4n) is 2.24. The quantitative estimate of drug-likeness (QED) is 0.854. The van der Waals surface area contributed by atoms with Crippen molar-refractivity contribution in [1.29, 1.82) is 0 Å². The van der Waals surface area contributed by atoms with Crippen molar-refractivity contribution in [2.45, 2.75) is 18.9 Å². The topological polar surface area (TPSA) is 48.1 Å². The number of pyridine rings is 1. The molecule has 0 amide bonds. The van der Waals surface area contributed by atoms with Crippen molar-refractivity contribution in [1.82, 2.24) is 4.98 Å². The van der Waals surface area contributed by atoms with Crippen LogP contribution in [0.4, 0.5) is 5.82 Å². The zero-order valence-electron chi connectivity index (χ0n) is 9.47. The molecule has 86 valence electrons. The molecule has 2 aromatic rings. The highest BCUT2D eigenvalue weighted by Crippen LogP contribution is 2.30. The average molecular weight is 226 g/mol. The predicted octanol–water partition coefficient (Wildman–Crippen LogP) is 2.21. The summed E-state index contributed by atoms with van der Waals surface area (Å²) in [5.74, 6) is 1.60. The normalized spacial score (nSPS) is 17.5. The summed E-state index contributed by atoms with van der Waals surface area (Å²) < 4.78 is 5.88. The van der Waals surface area contributed by atoms with E-state index < -0.39 is 0 Å². The van der Waals surface area contributed by atoms with Crippen LogP contribution in [0.2, 0.25) is 0 Å². The number of nitrogens with two attached hydrogens (primary N) is 1. The van der Waals surface area contributed by atoms with Crippen molar-refractivity contribution in [3.63, 3.8) is 0 Å². The van der Waals surface area contributed by atoms with Gasteiger partial charge in [-0.25, -0.2) is 4.98 Å². The summed E-state index contributed by atoms with van der Waals surface area (Å²) in [6.45, 7) is 0. The van der Waals surface area contributed by atoms with Crippen LogP contribution in [-0.2, 0) is 12.8 Å². The van der Waals surface area contributed by atoms with Crippen LogP contribution in [0.25, 0.3) is 0 Å². The van der Waals surface area contributed by atoms with Crippen LogP contribution in [0, 0.1) is 0 Å². The third-order valence-corrected chi connectivity index (χ3v) is 3.09. The Morgan fingerprint density at radius 2 is 2.12 bits per heavy atom. The summed E-state index contributed by atoms with van der Waals surface area (Å²) in [6, 6.07) is 12.1. The number of para-hydroxylation sites is 1. The molecule has 0 aliphatic carbocycles. The van der Waals surface area contributed by atoms with Gasteiger partial charge in [0, 0.05) is 19.0 Å². The lowest BCUT2D eigenvalue weighted by molar-refractivity contribution is 0.233. The highest BCUT2D eigenvalue weighted by Gasteiger charge is 2.23. The fraction of sp³-hybridized carbons (Fsp3) is 0.214. The molecule has 1 unspecified atom stereocenters. The van der Waals surface area contributed by atoms with E-state index in [0.717, 1.165) is 24.2 Å². The van der Waals surface area contributed by atoms with Gasteiger partial charge in [-0.05, 0) is 23.3 Å². The molecule has 0 fully saturated rings. The Bertz CT molecular complexity index is 514. The molecule has 1 atom stereocenters. The minimum Gasteiger partial charge on any atom is -0.489 e. The van der Waals surface area contributed by atoms with E-state index in [4.69, 9.17) is 10.5 Å². The lowest BCUT2D eigenvalue weighted by Crippen LogP contribution is -2.17. The van der Waals surface area contributed by atoms with E-state index in [9.17, 15) is 0 Å². The highest BCUT2D eigenvalue weighted by molar-refractivity contribution is 5.41. The van der Waals surface area contributed by atoms with Crippen LogP contribution >= 0.6 is 0 Å². The van der Waals surface area contributed by atoms with Gasteiger partial charge in [0.1, 0.15) is 17.7 Å². The molecule has 1 aliphatic rings. The zero-order chi connectivity index (χ0) is 11.7. The number of benzene rings is 1. The second-order valence-corrected chi connectivity index (χ2v) is 4.30. The first-order valence-corrected chi connectivity index (χ1v) is 5.77. The van der Waals surface area contributed by atoms with Crippen LogP contribution in [0.5, 0.6) is 5.75 Å². The predicted molar refractivity (Wildman–Crippen MR) is 66.9 cm³/mol. The molecular formula is C14H14N2O. The standard InChI is InChI=1S/C14H14N2O/c15-14-11(5-3-7-16-14)9-12-8-10-4-1-2-6-13(10)17-12/h1-7,12H,8-9H2,(H2,15,16). The van der Waals surface area contributed by atoms with Gasteiger partial charge < -0.3 is 10.5 Å². The second-order valence-electron chi connectivity index (χ2n) is 4.30. The third-order valence-electron chi connectivity index (χ3n) is 3.09. The van der Waals surface area contributed by atoms with Gasteiger partial charge in [0.15, 0.2) is 0 Å². The Kier molecular flexibility index (Phi) is 2.44. The van der Waals surface area contributed by atoms with E-state index in [0.29, 0.717) is 5.82 Å². The molecular weight excluding hydrogens is 212 g/mol. The molecule has 1 aliphatic heterocycles. The summed E-state index contributed by atoms with van der Waals surface area (Å²) in [5, 5.41) is 0. The van der Waals surface area contributed by atoms with E-state index in [-0.39, 0.29) is 6.10 Å².